The van der Waals surface area contributed by atoms with E-state index in [1.54, 1.807) is 11.1 Å². The van der Waals surface area contributed by atoms with Crippen molar-refractivity contribution in [1.29, 1.82) is 0 Å². The molecule has 4 aromatic rings. The summed E-state index contributed by atoms with van der Waals surface area (Å²) in [5, 5.41) is 3.89. The molecule has 37 heavy (non-hydrogen) atoms. The molecule has 1 N–H and O–H groups in total. The highest BCUT2D eigenvalue weighted by Crippen LogP contribution is 2.41. The predicted octanol–water partition coefficient (Wildman–Crippen LogP) is 4.97. The molecule has 2 amide bonds. The third-order valence-electron chi connectivity index (χ3n) is 7.13. The lowest BCUT2D eigenvalue weighted by Gasteiger charge is -2.24. The molecular formula is C31H29N3O3. The maximum atomic E-state index is 13.5. The molecule has 6 rings (SSSR count). The van der Waals surface area contributed by atoms with E-state index < -0.39 is 0 Å². The van der Waals surface area contributed by atoms with Crippen molar-refractivity contribution in [3.63, 3.8) is 0 Å². The van der Waals surface area contributed by atoms with Crippen LogP contribution in [0.5, 0.6) is 5.75 Å². The summed E-state index contributed by atoms with van der Waals surface area (Å²) in [6.07, 6.45) is 4.77. The Hall–Kier alpha value is -4.19. The Morgan fingerprint density at radius 1 is 0.973 bits per heavy atom. The van der Waals surface area contributed by atoms with Gasteiger partial charge in [0, 0.05) is 36.7 Å². The molecule has 1 aromatic heterocycles. The second kappa shape index (κ2) is 10.1. The number of nitrogens with one attached hydrogen (secondary N) is 1. The van der Waals surface area contributed by atoms with E-state index in [4.69, 9.17) is 4.74 Å². The van der Waals surface area contributed by atoms with E-state index >= 15 is 0 Å². The highest BCUT2D eigenvalue weighted by Gasteiger charge is 2.25. The van der Waals surface area contributed by atoms with Gasteiger partial charge < -0.3 is 15.0 Å². The van der Waals surface area contributed by atoms with E-state index in [0.29, 0.717) is 49.7 Å². The summed E-state index contributed by atoms with van der Waals surface area (Å²) in [5.74, 6) is 1.20. The normalized spacial score (nSPS) is 16.3. The fourth-order valence-electron chi connectivity index (χ4n) is 4.95. The molecule has 2 aliphatic rings. The minimum Gasteiger partial charge on any atom is -0.491 e. The van der Waals surface area contributed by atoms with Crippen molar-refractivity contribution in [3.8, 4) is 5.75 Å². The molecule has 186 valence electrons. The standard InChI is InChI=1S/C31H29N3O3/c35-30-25-6-3-4-21(16-25)17-26-18-23(22-8-9-22)10-11-29(26)37-15-14-34(13-12-32-30)31(36)27-19-24-5-1-2-7-28(24)33-20-27/h1-7,10-11,16,18-20,22H,8-9,12-15,17H2,(H,32,35). The Morgan fingerprint density at radius 3 is 2.76 bits per heavy atom. The Labute approximate surface area is 216 Å². The maximum absolute atomic E-state index is 13.5. The van der Waals surface area contributed by atoms with E-state index in [0.717, 1.165) is 27.8 Å². The highest BCUT2D eigenvalue weighted by molar-refractivity contribution is 5.97. The van der Waals surface area contributed by atoms with Gasteiger partial charge in [-0.1, -0.05) is 42.5 Å². The molecular weight excluding hydrogens is 462 g/mol. The van der Waals surface area contributed by atoms with Gasteiger partial charge in [0.15, 0.2) is 0 Å². The van der Waals surface area contributed by atoms with E-state index in [9.17, 15) is 9.59 Å². The molecule has 0 atom stereocenters. The lowest BCUT2D eigenvalue weighted by molar-refractivity contribution is 0.0723. The molecule has 1 saturated carbocycles. The van der Waals surface area contributed by atoms with Gasteiger partial charge in [-0.3, -0.25) is 14.6 Å². The summed E-state index contributed by atoms with van der Waals surface area (Å²) in [6.45, 7) is 1.47. The van der Waals surface area contributed by atoms with Crippen LogP contribution in [0.3, 0.4) is 0 Å². The first-order chi connectivity index (χ1) is 18.1. The van der Waals surface area contributed by atoms with E-state index in [1.807, 2.05) is 54.6 Å². The first-order valence-electron chi connectivity index (χ1n) is 12.9. The molecule has 1 fully saturated rings. The fourth-order valence-corrected chi connectivity index (χ4v) is 4.95. The SMILES string of the molecule is O=C1NCCN(C(=O)c2cnc3ccccc3c2)CCOc2ccc(C3CC3)cc2Cc2cccc1c2. The number of hydrogen-bond acceptors (Lipinski definition) is 4. The van der Waals surface area contributed by atoms with Crippen molar-refractivity contribution in [2.75, 3.05) is 26.2 Å². The van der Waals surface area contributed by atoms with Crippen LogP contribution in [0.1, 0.15) is 56.2 Å². The second-order valence-electron chi connectivity index (χ2n) is 9.83. The molecule has 0 spiro atoms. The summed E-state index contributed by atoms with van der Waals surface area (Å²) in [4.78, 5) is 32.6. The smallest absolute Gasteiger partial charge is 0.255 e. The minimum atomic E-state index is -0.137. The van der Waals surface area contributed by atoms with Gasteiger partial charge in [0.2, 0.25) is 0 Å². The Morgan fingerprint density at radius 2 is 1.86 bits per heavy atom. The predicted molar refractivity (Wildman–Crippen MR) is 143 cm³/mol. The van der Waals surface area contributed by atoms with Crippen molar-refractivity contribution < 1.29 is 14.3 Å². The van der Waals surface area contributed by atoms with Crippen molar-refractivity contribution in [2.45, 2.75) is 25.2 Å². The molecule has 6 nitrogen and oxygen atoms in total. The Kier molecular flexibility index (Phi) is 6.31. The summed E-state index contributed by atoms with van der Waals surface area (Å²) in [5.41, 5.74) is 5.51. The lowest BCUT2D eigenvalue weighted by Crippen LogP contribution is -2.40. The Bertz CT molecular complexity index is 1480. The zero-order valence-electron chi connectivity index (χ0n) is 20.7. The van der Waals surface area contributed by atoms with Crippen molar-refractivity contribution >= 4 is 22.7 Å². The summed E-state index contributed by atoms with van der Waals surface area (Å²) < 4.78 is 6.27. The average molecular weight is 492 g/mol. The van der Waals surface area contributed by atoms with Crippen molar-refractivity contribution in [3.05, 3.63) is 107 Å². The first-order valence-corrected chi connectivity index (χ1v) is 12.9. The van der Waals surface area contributed by atoms with Crippen LogP contribution < -0.4 is 10.1 Å². The number of benzene rings is 3. The van der Waals surface area contributed by atoms with E-state index in [2.05, 4.69) is 28.5 Å². The average Bonchev–Trinajstić information content (AvgIpc) is 3.78. The number of carbonyl (C=O) groups excluding carboxylic acids is 2. The molecule has 2 heterocycles. The summed E-state index contributed by atoms with van der Waals surface area (Å²) in [6, 6.07) is 23.8. The van der Waals surface area contributed by atoms with Crippen molar-refractivity contribution in [2.24, 2.45) is 0 Å². The van der Waals surface area contributed by atoms with Gasteiger partial charge in [0.05, 0.1) is 17.6 Å². The minimum absolute atomic E-state index is 0.130. The van der Waals surface area contributed by atoms with Crippen LogP contribution in [0.15, 0.2) is 79.0 Å². The van der Waals surface area contributed by atoms with Crippen LogP contribution >= 0.6 is 0 Å². The quantitative estimate of drug-likeness (QED) is 0.430. The van der Waals surface area contributed by atoms with Crippen LogP contribution in [-0.4, -0.2) is 47.9 Å². The summed E-state index contributed by atoms with van der Waals surface area (Å²) >= 11 is 0. The number of aromatic nitrogens is 1. The monoisotopic (exact) mass is 491 g/mol. The Balaban J connectivity index is 1.29. The summed E-state index contributed by atoms with van der Waals surface area (Å²) in [7, 11) is 0. The number of pyridine rings is 1. The van der Waals surface area contributed by atoms with Gasteiger partial charge in [-0.05, 0) is 65.8 Å². The molecule has 0 saturated heterocycles. The second-order valence-corrected chi connectivity index (χ2v) is 9.83. The number of fused-ring (bicyclic) bond motifs is 4. The molecule has 0 unspecified atom stereocenters. The molecule has 0 radical (unpaired) electrons. The zero-order valence-corrected chi connectivity index (χ0v) is 20.7. The van der Waals surface area contributed by atoms with Gasteiger partial charge in [0.1, 0.15) is 12.4 Å². The van der Waals surface area contributed by atoms with Gasteiger partial charge in [-0.2, -0.15) is 0 Å². The number of amides is 2. The molecule has 6 heteroatoms. The number of ether oxygens (including phenoxy) is 1. The van der Waals surface area contributed by atoms with Gasteiger partial charge in [-0.25, -0.2) is 0 Å². The number of rotatable bonds is 2. The van der Waals surface area contributed by atoms with Gasteiger partial charge in [0.25, 0.3) is 11.8 Å². The van der Waals surface area contributed by atoms with E-state index in [1.165, 1.54) is 18.4 Å². The number of carbonyl (C=O) groups is 2. The zero-order chi connectivity index (χ0) is 25.2. The van der Waals surface area contributed by atoms with Crippen LogP contribution in [-0.2, 0) is 6.42 Å². The van der Waals surface area contributed by atoms with Gasteiger partial charge >= 0.3 is 0 Å². The number of para-hydroxylation sites is 1. The third kappa shape index (κ3) is 5.19. The maximum Gasteiger partial charge on any atom is 0.255 e. The molecule has 3 aromatic carbocycles. The highest BCUT2D eigenvalue weighted by atomic mass is 16.5. The topological polar surface area (TPSA) is 71.5 Å². The third-order valence-corrected chi connectivity index (χ3v) is 7.13. The largest absolute Gasteiger partial charge is 0.491 e. The molecule has 2 bridgehead atoms. The van der Waals surface area contributed by atoms with Crippen LogP contribution in [0.2, 0.25) is 0 Å². The van der Waals surface area contributed by atoms with Crippen LogP contribution in [0.4, 0.5) is 0 Å². The molecule has 1 aliphatic carbocycles. The number of nitrogens with zero attached hydrogens (tertiary/aromatic N) is 2. The molecule has 1 aliphatic heterocycles. The lowest BCUT2D eigenvalue weighted by atomic mass is 9.98. The van der Waals surface area contributed by atoms with E-state index in [-0.39, 0.29) is 11.8 Å². The van der Waals surface area contributed by atoms with Gasteiger partial charge in [-0.15, -0.1) is 0 Å². The van der Waals surface area contributed by atoms with Crippen molar-refractivity contribution in [1.82, 2.24) is 15.2 Å². The van der Waals surface area contributed by atoms with Crippen LogP contribution in [0, 0.1) is 0 Å². The number of hydrogen-bond donors (Lipinski definition) is 1. The first kappa shape index (κ1) is 23.2. The fraction of sp³-hybridized carbons (Fsp3) is 0.258. The van der Waals surface area contributed by atoms with Crippen LogP contribution in [0.25, 0.3) is 10.9 Å².